The number of aromatic nitrogens is 2. The maximum atomic E-state index is 13.1. The van der Waals surface area contributed by atoms with Crippen molar-refractivity contribution in [3.8, 4) is 17.1 Å². The van der Waals surface area contributed by atoms with Crippen molar-refractivity contribution in [1.29, 1.82) is 0 Å². The van der Waals surface area contributed by atoms with Crippen LogP contribution >= 0.6 is 11.3 Å². The SMILES string of the molecule is COc1ccc(N(C)S(=O)(=O)c2cccc(C(=O)Nc3nc(-c4ccccn4)cs3)c2)cc1. The highest BCUT2D eigenvalue weighted by molar-refractivity contribution is 7.92. The first-order valence-corrected chi connectivity index (χ1v) is 12.1. The van der Waals surface area contributed by atoms with E-state index in [1.165, 1.54) is 43.7 Å². The van der Waals surface area contributed by atoms with Crippen LogP contribution in [-0.2, 0) is 10.0 Å². The fourth-order valence-electron chi connectivity index (χ4n) is 3.02. The molecule has 168 valence electrons. The van der Waals surface area contributed by atoms with Crippen molar-refractivity contribution in [3.05, 3.63) is 83.9 Å². The van der Waals surface area contributed by atoms with Crippen molar-refractivity contribution >= 4 is 38.1 Å². The average Bonchev–Trinajstić information content (AvgIpc) is 3.32. The molecule has 1 amide bonds. The summed E-state index contributed by atoms with van der Waals surface area (Å²) in [7, 11) is -0.885. The largest absolute Gasteiger partial charge is 0.497 e. The van der Waals surface area contributed by atoms with Gasteiger partial charge < -0.3 is 4.74 Å². The number of carbonyl (C=O) groups is 1. The average molecular weight is 481 g/mol. The lowest BCUT2D eigenvalue weighted by Gasteiger charge is -2.20. The Morgan fingerprint density at radius 2 is 1.82 bits per heavy atom. The third-order valence-electron chi connectivity index (χ3n) is 4.84. The number of benzene rings is 2. The van der Waals surface area contributed by atoms with E-state index in [9.17, 15) is 13.2 Å². The van der Waals surface area contributed by atoms with Crippen molar-refractivity contribution in [3.63, 3.8) is 0 Å². The number of hydrogen-bond donors (Lipinski definition) is 1. The van der Waals surface area contributed by atoms with Crippen LogP contribution in [0.2, 0.25) is 0 Å². The second kappa shape index (κ2) is 9.39. The Morgan fingerprint density at radius 1 is 1.03 bits per heavy atom. The minimum atomic E-state index is -3.88. The number of nitrogens with zero attached hydrogens (tertiary/aromatic N) is 3. The molecular formula is C23H20N4O4S2. The van der Waals surface area contributed by atoms with Gasteiger partial charge in [0.2, 0.25) is 0 Å². The Kier molecular flexibility index (Phi) is 6.38. The molecular weight excluding hydrogens is 460 g/mol. The standard InChI is InChI=1S/C23H20N4O4S2/c1-27(17-9-11-18(31-2)12-10-17)33(29,30)19-7-5-6-16(14-19)22(28)26-23-25-21(15-32-23)20-8-3-4-13-24-20/h3-15H,1-2H3,(H,25,26,28). The predicted molar refractivity (Wildman–Crippen MR) is 128 cm³/mol. The number of carbonyl (C=O) groups excluding carboxylic acids is 1. The van der Waals surface area contributed by atoms with Crippen LogP contribution in [0.25, 0.3) is 11.4 Å². The molecule has 33 heavy (non-hydrogen) atoms. The third kappa shape index (κ3) is 4.86. The fourth-order valence-corrected chi connectivity index (χ4v) is 4.96. The van der Waals surface area contributed by atoms with Gasteiger partial charge in [0.15, 0.2) is 5.13 Å². The first kappa shape index (κ1) is 22.4. The molecule has 0 bridgehead atoms. The summed E-state index contributed by atoms with van der Waals surface area (Å²) in [6.07, 6.45) is 1.67. The molecule has 0 aliphatic carbocycles. The van der Waals surface area contributed by atoms with Gasteiger partial charge in [0.25, 0.3) is 15.9 Å². The highest BCUT2D eigenvalue weighted by Crippen LogP contribution is 2.26. The quantitative estimate of drug-likeness (QED) is 0.423. The number of amides is 1. The van der Waals surface area contributed by atoms with Gasteiger partial charge in [0.1, 0.15) is 11.4 Å². The highest BCUT2D eigenvalue weighted by atomic mass is 32.2. The minimum Gasteiger partial charge on any atom is -0.497 e. The van der Waals surface area contributed by atoms with Crippen LogP contribution in [-0.4, -0.2) is 38.5 Å². The van der Waals surface area contributed by atoms with Crippen molar-refractivity contribution < 1.29 is 17.9 Å². The van der Waals surface area contributed by atoms with E-state index in [1.807, 2.05) is 18.2 Å². The Hall–Kier alpha value is -3.76. The van der Waals surface area contributed by atoms with Gasteiger partial charge in [-0.1, -0.05) is 12.1 Å². The lowest BCUT2D eigenvalue weighted by Crippen LogP contribution is -2.26. The second-order valence-electron chi connectivity index (χ2n) is 6.91. The predicted octanol–water partition coefficient (Wildman–Crippen LogP) is 4.29. The number of ether oxygens (including phenoxy) is 1. The van der Waals surface area contributed by atoms with E-state index in [2.05, 4.69) is 15.3 Å². The van der Waals surface area contributed by atoms with Crippen LogP contribution in [0.15, 0.2) is 83.2 Å². The molecule has 0 aliphatic heterocycles. The van der Waals surface area contributed by atoms with Gasteiger partial charge in [-0.05, 0) is 54.6 Å². The van der Waals surface area contributed by atoms with Crippen LogP contribution in [0, 0.1) is 0 Å². The summed E-state index contributed by atoms with van der Waals surface area (Å²) >= 11 is 1.26. The number of pyridine rings is 1. The fraction of sp³-hybridized carbons (Fsp3) is 0.0870. The Balaban J connectivity index is 1.53. The van der Waals surface area contributed by atoms with Crippen LogP contribution in [0.3, 0.4) is 0 Å². The van der Waals surface area contributed by atoms with Crippen LogP contribution < -0.4 is 14.4 Å². The van der Waals surface area contributed by atoms with Crippen LogP contribution in [0.1, 0.15) is 10.4 Å². The van der Waals surface area contributed by atoms with Gasteiger partial charge in [-0.25, -0.2) is 13.4 Å². The monoisotopic (exact) mass is 480 g/mol. The molecule has 0 aliphatic rings. The smallest absolute Gasteiger partial charge is 0.264 e. The number of sulfonamides is 1. The van der Waals surface area contributed by atoms with Gasteiger partial charge in [-0.15, -0.1) is 11.3 Å². The summed E-state index contributed by atoms with van der Waals surface area (Å²) in [5, 5.41) is 4.91. The molecule has 0 fully saturated rings. The Bertz CT molecular complexity index is 1370. The van der Waals surface area contributed by atoms with E-state index in [-0.39, 0.29) is 10.5 Å². The van der Waals surface area contributed by atoms with Gasteiger partial charge in [-0.3, -0.25) is 19.4 Å². The number of nitrogens with one attached hydrogen (secondary N) is 1. The molecule has 4 rings (SSSR count). The zero-order chi connectivity index (χ0) is 23.4. The molecule has 0 radical (unpaired) electrons. The summed E-state index contributed by atoms with van der Waals surface area (Å²) in [5.41, 5.74) is 2.02. The van der Waals surface area contributed by atoms with E-state index in [0.29, 0.717) is 28.0 Å². The number of methoxy groups -OCH3 is 1. The van der Waals surface area contributed by atoms with Crippen molar-refractivity contribution in [2.75, 3.05) is 23.8 Å². The molecule has 10 heteroatoms. The maximum Gasteiger partial charge on any atom is 0.264 e. The molecule has 4 aromatic rings. The summed E-state index contributed by atoms with van der Waals surface area (Å²) in [6.45, 7) is 0. The lowest BCUT2D eigenvalue weighted by atomic mass is 10.2. The molecule has 0 saturated heterocycles. The third-order valence-corrected chi connectivity index (χ3v) is 7.38. The molecule has 0 spiro atoms. The molecule has 8 nitrogen and oxygen atoms in total. The van der Waals surface area contributed by atoms with Crippen molar-refractivity contribution in [2.45, 2.75) is 4.90 Å². The number of rotatable bonds is 7. The van der Waals surface area contributed by atoms with E-state index in [1.54, 1.807) is 41.9 Å². The van der Waals surface area contributed by atoms with Gasteiger partial charge in [0, 0.05) is 24.2 Å². The van der Waals surface area contributed by atoms with E-state index in [0.717, 1.165) is 4.31 Å². The first-order valence-electron chi connectivity index (χ1n) is 9.80. The molecule has 0 atom stereocenters. The van der Waals surface area contributed by atoms with Crippen molar-refractivity contribution in [2.24, 2.45) is 0 Å². The van der Waals surface area contributed by atoms with E-state index >= 15 is 0 Å². The number of thiazole rings is 1. The molecule has 0 unspecified atom stereocenters. The molecule has 1 N–H and O–H groups in total. The normalized spacial score (nSPS) is 11.1. The van der Waals surface area contributed by atoms with E-state index < -0.39 is 15.9 Å². The highest BCUT2D eigenvalue weighted by Gasteiger charge is 2.23. The zero-order valence-electron chi connectivity index (χ0n) is 17.8. The summed E-state index contributed by atoms with van der Waals surface area (Å²) in [6, 6.07) is 18.0. The topological polar surface area (TPSA) is 101 Å². The minimum absolute atomic E-state index is 0.00165. The summed E-state index contributed by atoms with van der Waals surface area (Å²) in [4.78, 5) is 21.4. The number of anilines is 2. The van der Waals surface area contributed by atoms with Crippen LogP contribution in [0.5, 0.6) is 5.75 Å². The van der Waals surface area contributed by atoms with Gasteiger partial charge >= 0.3 is 0 Å². The molecule has 2 aromatic carbocycles. The zero-order valence-corrected chi connectivity index (χ0v) is 19.4. The number of hydrogen-bond acceptors (Lipinski definition) is 7. The van der Waals surface area contributed by atoms with Gasteiger partial charge in [0.05, 0.1) is 23.4 Å². The van der Waals surface area contributed by atoms with Crippen molar-refractivity contribution in [1.82, 2.24) is 9.97 Å². The molecule has 2 heterocycles. The Morgan fingerprint density at radius 3 is 2.52 bits per heavy atom. The first-order chi connectivity index (χ1) is 15.9. The molecule has 0 saturated carbocycles. The second-order valence-corrected chi connectivity index (χ2v) is 9.73. The maximum absolute atomic E-state index is 13.1. The van der Waals surface area contributed by atoms with E-state index in [4.69, 9.17) is 4.74 Å². The van der Waals surface area contributed by atoms with Crippen LogP contribution in [0.4, 0.5) is 10.8 Å². The lowest BCUT2D eigenvalue weighted by molar-refractivity contribution is 0.102. The Labute approximate surface area is 195 Å². The van der Waals surface area contributed by atoms with Gasteiger partial charge in [-0.2, -0.15) is 0 Å². The summed E-state index contributed by atoms with van der Waals surface area (Å²) in [5.74, 6) is 0.165. The molecule has 2 aromatic heterocycles. The summed E-state index contributed by atoms with van der Waals surface area (Å²) < 4.78 is 32.5.